The van der Waals surface area contributed by atoms with Crippen LogP contribution in [0.15, 0.2) is 24.3 Å². The van der Waals surface area contributed by atoms with Crippen LogP contribution in [0.5, 0.6) is 5.75 Å². The molecule has 3 N–H and O–H groups in total. The molecule has 0 aliphatic heterocycles. The number of aromatic nitrogens is 2. The number of nitrogens with zero attached hydrogens (tertiary/aromatic N) is 1. The van der Waals surface area contributed by atoms with Crippen LogP contribution in [-0.4, -0.2) is 21.2 Å². The third kappa shape index (κ3) is 2.62. The maximum Gasteiger partial charge on any atom is 0.258 e. The lowest BCUT2D eigenvalue weighted by Crippen LogP contribution is -2.12. The van der Waals surface area contributed by atoms with Crippen molar-refractivity contribution in [3.05, 3.63) is 40.5 Å². The highest BCUT2D eigenvalue weighted by molar-refractivity contribution is 6.34. The fraction of sp³-hybridized carbons (Fsp3) is 0.167. The minimum absolute atomic E-state index is 0.0131. The second kappa shape index (κ2) is 5.10. The number of benzene rings is 1. The molecule has 0 spiro atoms. The predicted molar refractivity (Wildman–Crippen MR) is 69.0 cm³/mol. The van der Waals surface area contributed by atoms with Gasteiger partial charge in [-0.05, 0) is 24.6 Å². The number of aromatic hydroxyl groups is 1. The van der Waals surface area contributed by atoms with Crippen LogP contribution in [0.4, 0.5) is 5.82 Å². The lowest BCUT2D eigenvalue weighted by atomic mass is 10.2. The summed E-state index contributed by atoms with van der Waals surface area (Å²) in [4.78, 5) is 11.9. The number of phenolic OH excluding ortho intramolecular Hbond substituents is 1. The molecule has 18 heavy (non-hydrogen) atoms. The van der Waals surface area contributed by atoms with Crippen LogP contribution < -0.4 is 5.32 Å². The molecule has 1 aromatic carbocycles. The van der Waals surface area contributed by atoms with E-state index in [9.17, 15) is 9.90 Å². The van der Waals surface area contributed by atoms with Gasteiger partial charge in [0.1, 0.15) is 5.75 Å². The average Bonchev–Trinajstić information content (AvgIpc) is 2.80. The molecular weight excluding hydrogens is 254 g/mol. The van der Waals surface area contributed by atoms with Gasteiger partial charge >= 0.3 is 0 Å². The number of anilines is 1. The summed E-state index contributed by atoms with van der Waals surface area (Å²) < 4.78 is 0. The zero-order chi connectivity index (χ0) is 13.1. The van der Waals surface area contributed by atoms with Crippen molar-refractivity contribution in [2.75, 3.05) is 5.32 Å². The molecule has 0 aliphatic rings. The average molecular weight is 266 g/mol. The van der Waals surface area contributed by atoms with Crippen molar-refractivity contribution < 1.29 is 9.90 Å². The minimum Gasteiger partial charge on any atom is -0.508 e. The lowest BCUT2D eigenvalue weighted by molar-refractivity contribution is 0.102. The van der Waals surface area contributed by atoms with E-state index in [-0.39, 0.29) is 16.3 Å². The molecule has 6 heteroatoms. The Morgan fingerprint density at radius 3 is 2.94 bits per heavy atom. The van der Waals surface area contributed by atoms with E-state index in [2.05, 4.69) is 15.5 Å². The number of hydrogen-bond acceptors (Lipinski definition) is 3. The molecule has 0 saturated heterocycles. The Morgan fingerprint density at radius 1 is 1.50 bits per heavy atom. The summed E-state index contributed by atoms with van der Waals surface area (Å²) in [6.07, 6.45) is 0.801. The van der Waals surface area contributed by atoms with Gasteiger partial charge in [0.05, 0.1) is 10.6 Å². The largest absolute Gasteiger partial charge is 0.508 e. The number of carbonyl (C=O) groups is 1. The van der Waals surface area contributed by atoms with E-state index < -0.39 is 5.91 Å². The monoisotopic (exact) mass is 265 g/mol. The van der Waals surface area contributed by atoms with E-state index in [4.69, 9.17) is 11.6 Å². The van der Waals surface area contributed by atoms with Crippen molar-refractivity contribution in [3.63, 3.8) is 0 Å². The van der Waals surface area contributed by atoms with Gasteiger partial charge in [-0.3, -0.25) is 9.89 Å². The number of aryl methyl sites for hydroxylation is 1. The number of rotatable bonds is 3. The van der Waals surface area contributed by atoms with Crippen LogP contribution in [0.25, 0.3) is 0 Å². The zero-order valence-electron chi connectivity index (χ0n) is 9.70. The summed E-state index contributed by atoms with van der Waals surface area (Å²) in [5, 5.41) is 18.9. The fourth-order valence-corrected chi connectivity index (χ4v) is 1.68. The Kier molecular flexibility index (Phi) is 3.53. The quantitative estimate of drug-likeness (QED) is 0.798. The number of amides is 1. The van der Waals surface area contributed by atoms with Gasteiger partial charge in [0.25, 0.3) is 5.91 Å². The van der Waals surface area contributed by atoms with Gasteiger partial charge in [0.2, 0.25) is 0 Å². The smallest absolute Gasteiger partial charge is 0.258 e. The lowest BCUT2D eigenvalue weighted by Gasteiger charge is -2.04. The van der Waals surface area contributed by atoms with Crippen molar-refractivity contribution in [3.8, 4) is 5.75 Å². The topological polar surface area (TPSA) is 78.0 Å². The van der Waals surface area contributed by atoms with E-state index in [1.807, 2.05) is 6.92 Å². The van der Waals surface area contributed by atoms with Gasteiger partial charge in [0.15, 0.2) is 5.82 Å². The molecule has 5 nitrogen and oxygen atoms in total. The van der Waals surface area contributed by atoms with Gasteiger partial charge in [0, 0.05) is 11.8 Å². The van der Waals surface area contributed by atoms with Gasteiger partial charge in [-0.25, -0.2) is 0 Å². The third-order valence-corrected chi connectivity index (χ3v) is 2.78. The Hall–Kier alpha value is -2.01. The molecule has 0 atom stereocenters. The van der Waals surface area contributed by atoms with E-state index in [1.165, 1.54) is 18.2 Å². The molecule has 0 fully saturated rings. The normalized spacial score (nSPS) is 10.3. The van der Waals surface area contributed by atoms with E-state index in [0.717, 1.165) is 12.1 Å². The van der Waals surface area contributed by atoms with Crippen LogP contribution in [0.2, 0.25) is 5.02 Å². The molecule has 0 aliphatic carbocycles. The Labute approximate surface area is 109 Å². The molecule has 0 radical (unpaired) electrons. The third-order valence-electron chi connectivity index (χ3n) is 2.45. The minimum atomic E-state index is -0.412. The van der Waals surface area contributed by atoms with Gasteiger partial charge < -0.3 is 10.4 Å². The molecule has 2 rings (SSSR count). The number of carbonyl (C=O) groups excluding carboxylic acids is 1. The molecule has 0 saturated carbocycles. The van der Waals surface area contributed by atoms with Gasteiger partial charge in [-0.15, -0.1) is 0 Å². The Bertz CT molecular complexity index is 580. The van der Waals surface area contributed by atoms with Crippen molar-refractivity contribution in [2.45, 2.75) is 13.3 Å². The molecule has 0 bridgehead atoms. The van der Waals surface area contributed by atoms with Crippen molar-refractivity contribution in [1.82, 2.24) is 10.2 Å². The summed E-state index contributed by atoms with van der Waals surface area (Å²) in [5.74, 6) is 0.00198. The molecule has 2 aromatic rings. The predicted octanol–water partition coefficient (Wildman–Crippen LogP) is 2.58. The van der Waals surface area contributed by atoms with Crippen LogP contribution in [0.3, 0.4) is 0 Å². The first-order chi connectivity index (χ1) is 8.60. The number of halogens is 1. The van der Waals surface area contributed by atoms with Crippen LogP contribution in [0, 0.1) is 0 Å². The van der Waals surface area contributed by atoms with Crippen molar-refractivity contribution in [1.29, 1.82) is 0 Å². The second-order valence-corrected chi connectivity index (χ2v) is 4.16. The van der Waals surface area contributed by atoms with Crippen molar-refractivity contribution in [2.24, 2.45) is 0 Å². The number of hydrogen-bond donors (Lipinski definition) is 3. The number of phenols is 1. The van der Waals surface area contributed by atoms with Gasteiger partial charge in [-0.1, -0.05) is 18.5 Å². The SMILES string of the molecule is CCc1cc(NC(=O)c2cc(O)ccc2Cl)n[nH]1. The molecule has 0 unspecified atom stereocenters. The van der Waals surface area contributed by atoms with E-state index in [0.29, 0.717) is 5.82 Å². The fourth-order valence-electron chi connectivity index (χ4n) is 1.48. The standard InChI is InChI=1S/C12H12ClN3O2/c1-2-7-5-11(16-15-7)14-12(18)9-6-8(17)3-4-10(9)13/h3-6,17H,2H2,1H3,(H2,14,15,16,18). The summed E-state index contributed by atoms with van der Waals surface area (Å²) in [7, 11) is 0. The zero-order valence-corrected chi connectivity index (χ0v) is 10.5. The molecule has 94 valence electrons. The number of H-pyrrole nitrogens is 1. The first-order valence-corrected chi connectivity index (χ1v) is 5.82. The van der Waals surface area contributed by atoms with E-state index >= 15 is 0 Å². The van der Waals surface area contributed by atoms with Crippen molar-refractivity contribution >= 4 is 23.3 Å². The van der Waals surface area contributed by atoms with Crippen LogP contribution in [-0.2, 0) is 6.42 Å². The maximum atomic E-state index is 11.9. The van der Waals surface area contributed by atoms with Crippen LogP contribution >= 0.6 is 11.6 Å². The highest BCUT2D eigenvalue weighted by Gasteiger charge is 2.12. The highest BCUT2D eigenvalue weighted by Crippen LogP contribution is 2.22. The summed E-state index contributed by atoms with van der Waals surface area (Å²) in [5.41, 5.74) is 1.13. The second-order valence-electron chi connectivity index (χ2n) is 3.75. The summed E-state index contributed by atoms with van der Waals surface area (Å²) in [6.45, 7) is 1.98. The Morgan fingerprint density at radius 2 is 2.28 bits per heavy atom. The molecule has 1 heterocycles. The first kappa shape index (κ1) is 12.4. The number of aromatic amines is 1. The number of nitrogens with one attached hydrogen (secondary N) is 2. The molecule has 1 aromatic heterocycles. The summed E-state index contributed by atoms with van der Waals surface area (Å²) in [6, 6.07) is 5.94. The van der Waals surface area contributed by atoms with Gasteiger partial charge in [-0.2, -0.15) is 5.10 Å². The molecular formula is C12H12ClN3O2. The van der Waals surface area contributed by atoms with Crippen LogP contribution in [0.1, 0.15) is 23.0 Å². The first-order valence-electron chi connectivity index (χ1n) is 5.44. The van der Waals surface area contributed by atoms with E-state index in [1.54, 1.807) is 6.07 Å². The maximum absolute atomic E-state index is 11.9. The Balaban J connectivity index is 2.19. The highest BCUT2D eigenvalue weighted by atomic mass is 35.5. The summed E-state index contributed by atoms with van der Waals surface area (Å²) >= 11 is 5.89. The molecule has 1 amide bonds.